The first-order valence-electron chi connectivity index (χ1n) is 9.89. The van der Waals surface area contributed by atoms with Gasteiger partial charge in [-0.25, -0.2) is 0 Å². The molecule has 2 fully saturated rings. The Bertz CT molecular complexity index is 500. The van der Waals surface area contributed by atoms with Crippen LogP contribution in [0.25, 0.3) is 0 Å². The number of carbonyl (C=O) groups excluding carboxylic acids is 1. The average molecular weight is 385 g/mol. The molecular weight excluding hydrogens is 344 g/mol. The smallest absolute Gasteiger partial charge is 0.195 e. The Morgan fingerprint density at radius 2 is 1.16 bits per heavy atom. The molecule has 0 heterocycles. The molecule has 0 aromatic rings. The lowest BCUT2D eigenvalue weighted by molar-refractivity contribution is -0.125. The first-order chi connectivity index (χ1) is 11.0. The molecule has 0 aromatic carbocycles. The highest BCUT2D eigenvalue weighted by molar-refractivity contribution is 6.75. The molecule has 2 saturated carbocycles. The monoisotopic (exact) mass is 384 g/mol. The molecule has 2 rings (SSSR count). The van der Waals surface area contributed by atoms with Crippen molar-refractivity contribution in [3.63, 3.8) is 0 Å². The fourth-order valence-electron chi connectivity index (χ4n) is 3.41. The van der Waals surface area contributed by atoms with Crippen molar-refractivity contribution in [2.75, 3.05) is 0 Å². The molecule has 0 N–H and O–H groups in total. The lowest BCUT2D eigenvalue weighted by atomic mass is 9.85. The lowest BCUT2D eigenvalue weighted by Crippen LogP contribution is -2.53. The molecular formula is C20H40O3Si2. The maximum Gasteiger partial charge on any atom is 0.195 e. The Kier molecular flexibility index (Phi) is 5.13. The van der Waals surface area contributed by atoms with Crippen LogP contribution in [-0.2, 0) is 13.6 Å². The largest absolute Gasteiger partial charge is 0.390 e. The highest BCUT2D eigenvalue weighted by Crippen LogP contribution is 2.69. The number of hydrogen-bond acceptors (Lipinski definition) is 3. The van der Waals surface area contributed by atoms with E-state index < -0.39 is 22.4 Å². The van der Waals surface area contributed by atoms with E-state index in [4.69, 9.17) is 8.85 Å². The summed E-state index contributed by atoms with van der Waals surface area (Å²) in [5.41, 5.74) is 0.0753. The number of rotatable bonds is 4. The summed E-state index contributed by atoms with van der Waals surface area (Å²) in [5.74, 6) is -0.0363. The third-order valence-corrected chi connectivity index (χ3v) is 16.4. The van der Waals surface area contributed by atoms with Crippen molar-refractivity contribution in [3.05, 3.63) is 0 Å². The fraction of sp³-hybridized carbons (Fsp3) is 0.950. The molecule has 0 radical (unpaired) electrons. The Hall–Kier alpha value is 0.0238. The second-order valence-corrected chi connectivity index (χ2v) is 20.9. The van der Waals surface area contributed by atoms with Gasteiger partial charge >= 0.3 is 0 Å². The van der Waals surface area contributed by atoms with Crippen LogP contribution >= 0.6 is 0 Å². The second kappa shape index (κ2) is 6.01. The number of hydrogen-bond donors (Lipinski definition) is 0. The third-order valence-electron chi connectivity index (χ3n) is 7.47. The summed E-state index contributed by atoms with van der Waals surface area (Å²) in [4.78, 5) is 11.8. The van der Waals surface area contributed by atoms with Gasteiger partial charge in [0.1, 0.15) is 5.78 Å². The van der Waals surface area contributed by atoms with Crippen molar-refractivity contribution in [3.8, 4) is 0 Å². The molecule has 0 amide bonds. The van der Waals surface area contributed by atoms with Crippen LogP contribution < -0.4 is 0 Å². The molecule has 25 heavy (non-hydrogen) atoms. The van der Waals surface area contributed by atoms with Gasteiger partial charge in [-0.15, -0.1) is 0 Å². The van der Waals surface area contributed by atoms with Gasteiger partial charge in [-0.1, -0.05) is 41.5 Å². The van der Waals surface area contributed by atoms with Gasteiger partial charge < -0.3 is 8.85 Å². The normalized spacial score (nSPS) is 23.8. The lowest BCUT2D eigenvalue weighted by Gasteiger charge is -2.46. The van der Waals surface area contributed by atoms with Gasteiger partial charge in [-0.05, 0) is 49.1 Å². The van der Waals surface area contributed by atoms with Gasteiger partial charge in [0.15, 0.2) is 22.4 Å². The number of Topliss-reactive ketones (excluding diaryl/α,β-unsaturated/α-hetero) is 1. The van der Waals surface area contributed by atoms with Crippen molar-refractivity contribution in [2.45, 2.75) is 116 Å². The van der Waals surface area contributed by atoms with Crippen LogP contribution in [0.5, 0.6) is 0 Å². The minimum atomic E-state index is -1.95. The van der Waals surface area contributed by atoms with Gasteiger partial charge in [-0.2, -0.15) is 0 Å². The van der Waals surface area contributed by atoms with Crippen LogP contribution in [0, 0.1) is 5.41 Å². The van der Waals surface area contributed by atoms with E-state index in [9.17, 15) is 4.79 Å². The summed E-state index contributed by atoms with van der Waals surface area (Å²) in [6.07, 6.45) is 4.25. The van der Waals surface area contributed by atoms with E-state index in [0.29, 0.717) is 18.6 Å². The first kappa shape index (κ1) is 21.3. The number of ketones is 1. The maximum atomic E-state index is 11.8. The van der Waals surface area contributed by atoms with Crippen LogP contribution in [0.15, 0.2) is 0 Å². The predicted octanol–water partition coefficient (Wildman–Crippen LogP) is 6.26. The predicted molar refractivity (Wildman–Crippen MR) is 110 cm³/mol. The average Bonchev–Trinajstić information content (AvgIpc) is 2.94. The summed E-state index contributed by atoms with van der Waals surface area (Å²) in [6.45, 7) is 23.0. The highest BCUT2D eigenvalue weighted by atomic mass is 28.4. The highest BCUT2D eigenvalue weighted by Gasteiger charge is 2.73. The SMILES string of the molecule is CC(C)(C)[Si](C)(C)OC1(O[Si](C)(C)C(C)(C)C)CC12CCC(=O)CC2. The summed E-state index contributed by atoms with van der Waals surface area (Å²) in [6, 6.07) is 0. The van der Waals surface area contributed by atoms with E-state index >= 15 is 0 Å². The molecule has 0 unspecified atom stereocenters. The van der Waals surface area contributed by atoms with Crippen LogP contribution in [-0.4, -0.2) is 28.2 Å². The molecule has 1 spiro atoms. The van der Waals surface area contributed by atoms with Gasteiger partial charge in [0.2, 0.25) is 0 Å². The Morgan fingerprint density at radius 3 is 1.48 bits per heavy atom. The fourth-order valence-corrected chi connectivity index (χ4v) is 6.41. The van der Waals surface area contributed by atoms with Crippen molar-refractivity contribution < 1.29 is 13.6 Å². The zero-order valence-corrected chi connectivity index (χ0v) is 20.3. The van der Waals surface area contributed by atoms with Crippen LogP contribution in [0.3, 0.4) is 0 Å². The summed E-state index contributed by atoms with van der Waals surface area (Å²) in [5, 5.41) is 0.316. The summed E-state index contributed by atoms with van der Waals surface area (Å²) >= 11 is 0. The van der Waals surface area contributed by atoms with Gasteiger partial charge in [0, 0.05) is 24.7 Å². The Balaban J connectivity index is 2.34. The van der Waals surface area contributed by atoms with Crippen LogP contribution in [0.2, 0.25) is 36.3 Å². The van der Waals surface area contributed by atoms with Crippen molar-refractivity contribution in [1.29, 1.82) is 0 Å². The van der Waals surface area contributed by atoms with E-state index in [-0.39, 0.29) is 15.5 Å². The van der Waals surface area contributed by atoms with Crippen LogP contribution in [0.4, 0.5) is 0 Å². The van der Waals surface area contributed by atoms with Gasteiger partial charge in [-0.3, -0.25) is 4.79 Å². The van der Waals surface area contributed by atoms with E-state index in [1.165, 1.54) is 0 Å². The molecule has 5 heteroatoms. The molecule has 0 saturated heterocycles. The standard InChI is InChI=1S/C20H40O3Si2/c1-17(2,3)24(7,8)22-20(23-25(9,10)18(4,5)6)15-19(20)13-11-16(21)12-14-19/h11-15H2,1-10H3. The van der Waals surface area contributed by atoms with E-state index in [1.54, 1.807) is 0 Å². The Labute approximate surface area is 157 Å². The quantitative estimate of drug-likeness (QED) is 0.424. The van der Waals surface area contributed by atoms with E-state index in [2.05, 4.69) is 67.7 Å². The van der Waals surface area contributed by atoms with Crippen molar-refractivity contribution >= 4 is 22.4 Å². The molecule has 0 bridgehead atoms. The van der Waals surface area contributed by atoms with Gasteiger partial charge in [0.05, 0.1) is 0 Å². The minimum absolute atomic E-state index is 0.0753. The summed E-state index contributed by atoms with van der Waals surface area (Å²) < 4.78 is 14.0. The van der Waals surface area contributed by atoms with Crippen molar-refractivity contribution in [2.24, 2.45) is 5.41 Å². The van der Waals surface area contributed by atoms with E-state index in [0.717, 1.165) is 19.3 Å². The second-order valence-electron chi connectivity index (χ2n) is 11.5. The van der Waals surface area contributed by atoms with Crippen molar-refractivity contribution in [1.82, 2.24) is 0 Å². The molecule has 0 atom stereocenters. The Morgan fingerprint density at radius 1 is 0.800 bits per heavy atom. The molecule has 2 aliphatic rings. The molecule has 0 aromatic heterocycles. The maximum absolute atomic E-state index is 11.8. The minimum Gasteiger partial charge on any atom is -0.390 e. The molecule has 2 aliphatic carbocycles. The molecule has 146 valence electrons. The number of carbonyl (C=O) groups is 1. The topological polar surface area (TPSA) is 35.5 Å². The zero-order chi connectivity index (χ0) is 19.5. The third kappa shape index (κ3) is 3.85. The van der Waals surface area contributed by atoms with Gasteiger partial charge in [0.25, 0.3) is 0 Å². The first-order valence-corrected chi connectivity index (χ1v) is 15.7. The van der Waals surface area contributed by atoms with E-state index in [1.807, 2.05) is 0 Å². The van der Waals surface area contributed by atoms with Crippen LogP contribution in [0.1, 0.15) is 73.6 Å². The zero-order valence-electron chi connectivity index (χ0n) is 18.3. The molecule has 0 aliphatic heterocycles. The molecule has 3 nitrogen and oxygen atoms in total. The summed E-state index contributed by atoms with van der Waals surface area (Å²) in [7, 11) is -3.90.